The molecule has 1 fully saturated rings. The van der Waals surface area contributed by atoms with E-state index in [9.17, 15) is 9.59 Å². The number of hydroxylamine groups is 2. The highest BCUT2D eigenvalue weighted by Gasteiger charge is 2.23. The lowest BCUT2D eigenvalue weighted by molar-refractivity contribution is -0.195. The van der Waals surface area contributed by atoms with Gasteiger partial charge in [-0.05, 0) is 39.5 Å². The largest absolute Gasteiger partial charge is 0.444 e. The summed E-state index contributed by atoms with van der Waals surface area (Å²) >= 11 is 0. The van der Waals surface area contributed by atoms with E-state index in [4.69, 9.17) is 9.57 Å². The number of carbonyl (C=O) groups excluding carboxylic acids is 2. The number of amides is 1. The van der Waals surface area contributed by atoms with Gasteiger partial charge in [-0.1, -0.05) is 0 Å². The smallest absolute Gasteiger partial charge is 0.407 e. The highest BCUT2D eigenvalue weighted by atomic mass is 16.7. The lowest BCUT2D eigenvalue weighted by atomic mass is 9.99. The summed E-state index contributed by atoms with van der Waals surface area (Å²) in [5.74, 6) is -0.0265. The number of hydrogen-bond donors (Lipinski definition) is 1. The van der Waals surface area contributed by atoms with Gasteiger partial charge in [-0.3, -0.25) is 4.79 Å². The average molecular weight is 272 g/mol. The van der Waals surface area contributed by atoms with Gasteiger partial charge in [-0.2, -0.15) is 0 Å². The molecule has 6 nitrogen and oxygen atoms in total. The second-order valence-corrected chi connectivity index (χ2v) is 5.86. The second-order valence-electron chi connectivity index (χ2n) is 5.86. The monoisotopic (exact) mass is 272 g/mol. The lowest BCUT2D eigenvalue weighted by Crippen LogP contribution is -2.42. The van der Waals surface area contributed by atoms with E-state index in [0.717, 1.165) is 19.4 Å². The summed E-state index contributed by atoms with van der Waals surface area (Å²) < 4.78 is 5.17. The first-order valence-electron chi connectivity index (χ1n) is 6.66. The van der Waals surface area contributed by atoms with Gasteiger partial charge in [0.15, 0.2) is 0 Å². The van der Waals surface area contributed by atoms with E-state index >= 15 is 0 Å². The zero-order chi connectivity index (χ0) is 14.5. The van der Waals surface area contributed by atoms with Crippen molar-refractivity contribution >= 4 is 12.1 Å². The van der Waals surface area contributed by atoms with Gasteiger partial charge >= 0.3 is 12.1 Å². The Morgan fingerprint density at radius 1 is 1.37 bits per heavy atom. The number of piperidine rings is 1. The zero-order valence-corrected chi connectivity index (χ0v) is 12.2. The van der Waals surface area contributed by atoms with Crippen LogP contribution in [0, 0.1) is 5.92 Å². The molecule has 0 spiro atoms. The summed E-state index contributed by atoms with van der Waals surface area (Å²) in [7, 11) is 0. The van der Waals surface area contributed by atoms with E-state index < -0.39 is 11.7 Å². The fourth-order valence-corrected chi connectivity index (χ4v) is 2.00. The van der Waals surface area contributed by atoms with E-state index in [1.54, 1.807) is 5.06 Å². The maximum absolute atomic E-state index is 11.5. The Morgan fingerprint density at radius 3 is 2.63 bits per heavy atom. The summed E-state index contributed by atoms with van der Waals surface area (Å²) in [4.78, 5) is 27.5. The number of nitrogens with zero attached hydrogens (tertiary/aromatic N) is 1. The van der Waals surface area contributed by atoms with E-state index in [2.05, 4.69) is 5.32 Å². The number of rotatable bonds is 3. The highest BCUT2D eigenvalue weighted by Crippen LogP contribution is 2.16. The first-order valence-corrected chi connectivity index (χ1v) is 6.66. The van der Waals surface area contributed by atoms with Crippen LogP contribution in [0.1, 0.15) is 40.5 Å². The van der Waals surface area contributed by atoms with Gasteiger partial charge in [-0.25, -0.2) is 4.79 Å². The number of hydrogen-bond acceptors (Lipinski definition) is 5. The summed E-state index contributed by atoms with van der Waals surface area (Å²) in [5, 5.41) is 4.41. The van der Waals surface area contributed by atoms with Gasteiger partial charge in [0.2, 0.25) is 0 Å². The first kappa shape index (κ1) is 15.8. The SMILES string of the molecule is CC(=O)ON1CCCC(CNC(=O)OC(C)(C)C)C1. The van der Waals surface area contributed by atoms with Crippen molar-refractivity contribution in [3.8, 4) is 0 Å². The Balaban J connectivity index is 2.29. The molecule has 19 heavy (non-hydrogen) atoms. The molecule has 1 unspecified atom stereocenters. The van der Waals surface area contributed by atoms with Crippen LogP contribution in [0.25, 0.3) is 0 Å². The van der Waals surface area contributed by atoms with E-state index in [0.29, 0.717) is 13.1 Å². The Hall–Kier alpha value is -1.30. The number of nitrogens with one attached hydrogen (secondary N) is 1. The van der Waals surface area contributed by atoms with E-state index in [1.807, 2.05) is 20.8 Å². The first-order chi connectivity index (χ1) is 8.76. The third-order valence-corrected chi connectivity index (χ3v) is 2.67. The van der Waals surface area contributed by atoms with Gasteiger partial charge in [0, 0.05) is 26.6 Å². The standard InChI is InChI=1S/C13H24N2O4/c1-10(16)19-15-7-5-6-11(9-15)8-14-12(17)18-13(2,3)4/h11H,5-9H2,1-4H3,(H,14,17). The van der Waals surface area contributed by atoms with Crippen molar-refractivity contribution in [2.24, 2.45) is 5.92 Å². The fourth-order valence-electron chi connectivity index (χ4n) is 2.00. The van der Waals surface area contributed by atoms with Crippen molar-refractivity contribution in [2.75, 3.05) is 19.6 Å². The van der Waals surface area contributed by atoms with Crippen LogP contribution >= 0.6 is 0 Å². The maximum atomic E-state index is 11.5. The molecule has 6 heteroatoms. The lowest BCUT2D eigenvalue weighted by Gasteiger charge is -2.31. The van der Waals surface area contributed by atoms with Crippen LogP contribution < -0.4 is 5.32 Å². The minimum Gasteiger partial charge on any atom is -0.444 e. The normalized spacial score (nSPS) is 20.7. The Labute approximate surface area is 114 Å². The van der Waals surface area contributed by atoms with Crippen molar-refractivity contribution < 1.29 is 19.2 Å². The van der Waals surface area contributed by atoms with Crippen molar-refractivity contribution in [1.29, 1.82) is 0 Å². The molecule has 0 bridgehead atoms. The molecule has 0 radical (unpaired) electrons. The molecular weight excluding hydrogens is 248 g/mol. The number of carbonyl (C=O) groups is 2. The molecule has 0 aromatic rings. The molecule has 0 aromatic heterocycles. The summed E-state index contributed by atoms with van der Waals surface area (Å²) in [6.07, 6.45) is 1.55. The molecule has 1 heterocycles. The molecule has 1 atom stereocenters. The molecule has 1 N–H and O–H groups in total. The molecule has 1 rings (SSSR count). The van der Waals surface area contributed by atoms with Crippen LogP contribution in [0.4, 0.5) is 4.79 Å². The minimum absolute atomic E-state index is 0.278. The Bertz CT molecular complexity index is 325. The van der Waals surface area contributed by atoms with E-state index in [-0.39, 0.29) is 11.9 Å². The molecule has 0 aromatic carbocycles. The molecule has 1 aliphatic rings. The molecule has 0 saturated carbocycles. The highest BCUT2D eigenvalue weighted by molar-refractivity contribution is 5.67. The fraction of sp³-hybridized carbons (Fsp3) is 0.846. The zero-order valence-electron chi connectivity index (χ0n) is 12.2. The van der Waals surface area contributed by atoms with Crippen molar-refractivity contribution in [1.82, 2.24) is 10.4 Å². The van der Waals surface area contributed by atoms with Gasteiger partial charge < -0.3 is 14.9 Å². The van der Waals surface area contributed by atoms with Crippen LogP contribution in [-0.2, 0) is 14.4 Å². The Morgan fingerprint density at radius 2 is 2.05 bits per heavy atom. The van der Waals surface area contributed by atoms with Gasteiger partial charge in [0.25, 0.3) is 0 Å². The van der Waals surface area contributed by atoms with Gasteiger partial charge in [-0.15, -0.1) is 5.06 Å². The molecule has 1 amide bonds. The second kappa shape index (κ2) is 6.75. The summed E-state index contributed by atoms with van der Waals surface area (Å²) in [6.45, 7) is 8.81. The third-order valence-electron chi connectivity index (χ3n) is 2.67. The third kappa shape index (κ3) is 7.00. The summed E-state index contributed by atoms with van der Waals surface area (Å²) in [5.41, 5.74) is -0.486. The van der Waals surface area contributed by atoms with Crippen molar-refractivity contribution in [3.05, 3.63) is 0 Å². The molecule has 1 saturated heterocycles. The van der Waals surface area contributed by atoms with Crippen LogP contribution in [0.15, 0.2) is 0 Å². The van der Waals surface area contributed by atoms with Crippen molar-refractivity contribution in [2.45, 2.75) is 46.1 Å². The quantitative estimate of drug-likeness (QED) is 0.847. The molecular formula is C13H24N2O4. The van der Waals surface area contributed by atoms with Gasteiger partial charge in [0.1, 0.15) is 5.60 Å². The van der Waals surface area contributed by atoms with Crippen LogP contribution in [0.5, 0.6) is 0 Å². The van der Waals surface area contributed by atoms with Crippen LogP contribution in [0.2, 0.25) is 0 Å². The van der Waals surface area contributed by atoms with Crippen molar-refractivity contribution in [3.63, 3.8) is 0 Å². The molecule has 0 aliphatic carbocycles. The van der Waals surface area contributed by atoms with E-state index in [1.165, 1.54) is 6.92 Å². The van der Waals surface area contributed by atoms with Crippen LogP contribution in [0.3, 0.4) is 0 Å². The van der Waals surface area contributed by atoms with Crippen LogP contribution in [-0.4, -0.2) is 42.4 Å². The Kier molecular flexibility index (Phi) is 5.60. The number of ether oxygens (including phenoxy) is 1. The number of alkyl carbamates (subject to hydrolysis) is 1. The predicted molar refractivity (Wildman–Crippen MR) is 70.3 cm³/mol. The predicted octanol–water partition coefficient (Wildman–Crippen LogP) is 1.70. The minimum atomic E-state index is -0.486. The van der Waals surface area contributed by atoms with Gasteiger partial charge in [0.05, 0.1) is 0 Å². The molecule has 1 aliphatic heterocycles. The molecule has 110 valence electrons. The maximum Gasteiger partial charge on any atom is 0.407 e. The topological polar surface area (TPSA) is 67.9 Å². The summed E-state index contributed by atoms with van der Waals surface area (Å²) in [6, 6.07) is 0. The average Bonchev–Trinajstić information content (AvgIpc) is 2.23.